The van der Waals surface area contributed by atoms with Gasteiger partial charge in [-0.25, -0.2) is 4.79 Å². The number of carbonyl (C=O) groups is 2. The second kappa shape index (κ2) is 5.44. The number of aromatic nitrogens is 1. The molecule has 0 saturated carbocycles. The lowest BCUT2D eigenvalue weighted by atomic mass is 9.87. The average Bonchev–Trinajstić information content (AvgIpc) is 2.71. The van der Waals surface area contributed by atoms with Gasteiger partial charge in [0, 0.05) is 12.7 Å². The van der Waals surface area contributed by atoms with Gasteiger partial charge in [0.15, 0.2) is 0 Å². The van der Waals surface area contributed by atoms with E-state index >= 15 is 0 Å². The fraction of sp³-hybridized carbons (Fsp3) is 0.533. The number of rotatable bonds is 3. The maximum Gasteiger partial charge on any atom is 0.328 e. The summed E-state index contributed by atoms with van der Waals surface area (Å²) in [6.45, 7) is 4.28. The highest BCUT2D eigenvalue weighted by Gasteiger charge is 2.56. The van der Waals surface area contributed by atoms with Crippen LogP contribution in [0.25, 0.3) is 0 Å². The Kier molecular flexibility index (Phi) is 3.63. The third-order valence-corrected chi connectivity index (χ3v) is 4.41. The minimum absolute atomic E-state index is 0.0681. The van der Waals surface area contributed by atoms with E-state index in [0.717, 1.165) is 18.8 Å². The highest BCUT2D eigenvalue weighted by Crippen LogP contribution is 2.35. The van der Waals surface area contributed by atoms with Gasteiger partial charge in [-0.2, -0.15) is 0 Å². The predicted octanol–water partition coefficient (Wildman–Crippen LogP) is 0.988. The Morgan fingerprint density at radius 3 is 2.67 bits per heavy atom. The molecule has 0 unspecified atom stereocenters. The highest BCUT2D eigenvalue weighted by molar-refractivity contribution is 6.07. The summed E-state index contributed by atoms with van der Waals surface area (Å²) < 4.78 is 0. The van der Waals surface area contributed by atoms with E-state index in [9.17, 15) is 9.59 Å². The molecule has 112 valence electrons. The number of piperidine rings is 1. The fourth-order valence-corrected chi connectivity index (χ4v) is 3.34. The van der Waals surface area contributed by atoms with Crippen molar-refractivity contribution in [1.82, 2.24) is 20.1 Å². The Labute approximate surface area is 124 Å². The Hall–Kier alpha value is -1.95. The molecule has 3 heterocycles. The van der Waals surface area contributed by atoms with Crippen molar-refractivity contribution in [3.8, 4) is 0 Å². The molecule has 1 aromatic heterocycles. The van der Waals surface area contributed by atoms with Crippen LogP contribution in [0.15, 0.2) is 24.4 Å². The van der Waals surface area contributed by atoms with Crippen molar-refractivity contribution in [2.75, 3.05) is 19.6 Å². The highest BCUT2D eigenvalue weighted by atomic mass is 16.2. The molecule has 0 aromatic carbocycles. The third kappa shape index (κ3) is 2.19. The summed E-state index contributed by atoms with van der Waals surface area (Å²) in [7, 11) is 0. The van der Waals surface area contributed by atoms with Crippen molar-refractivity contribution in [2.45, 2.75) is 31.8 Å². The molecule has 2 aliphatic rings. The lowest BCUT2D eigenvalue weighted by Crippen LogP contribution is -2.55. The summed E-state index contributed by atoms with van der Waals surface area (Å²) in [5.41, 5.74) is 0.0903. The van der Waals surface area contributed by atoms with Crippen LogP contribution in [-0.4, -0.2) is 51.9 Å². The van der Waals surface area contributed by atoms with Gasteiger partial charge >= 0.3 is 6.03 Å². The van der Waals surface area contributed by atoms with Gasteiger partial charge in [0.1, 0.15) is 5.54 Å². The summed E-state index contributed by atoms with van der Waals surface area (Å²) in [5.74, 6) is -0.0681. The lowest BCUT2D eigenvalue weighted by molar-refractivity contribution is -0.134. The van der Waals surface area contributed by atoms with Crippen LogP contribution in [-0.2, 0) is 11.3 Å². The average molecular weight is 288 g/mol. The van der Waals surface area contributed by atoms with Gasteiger partial charge in [-0.1, -0.05) is 6.07 Å². The molecular weight excluding hydrogens is 268 g/mol. The van der Waals surface area contributed by atoms with Crippen LogP contribution in [0.5, 0.6) is 0 Å². The van der Waals surface area contributed by atoms with Crippen LogP contribution in [0.4, 0.5) is 4.79 Å². The summed E-state index contributed by atoms with van der Waals surface area (Å²) in [5, 5.41) is 3.26. The molecule has 21 heavy (non-hydrogen) atoms. The monoisotopic (exact) mass is 288 g/mol. The molecule has 6 heteroatoms. The van der Waals surface area contributed by atoms with Gasteiger partial charge in [-0.3, -0.25) is 14.7 Å². The first-order valence-corrected chi connectivity index (χ1v) is 7.43. The van der Waals surface area contributed by atoms with E-state index in [1.807, 2.05) is 25.1 Å². The Balaban J connectivity index is 1.89. The van der Waals surface area contributed by atoms with E-state index in [0.29, 0.717) is 19.4 Å². The molecule has 2 aliphatic heterocycles. The van der Waals surface area contributed by atoms with Gasteiger partial charge in [-0.05, 0) is 45.0 Å². The van der Waals surface area contributed by atoms with Crippen LogP contribution in [0.1, 0.15) is 25.5 Å². The van der Waals surface area contributed by atoms with Crippen molar-refractivity contribution >= 4 is 11.9 Å². The first-order valence-electron chi connectivity index (χ1n) is 7.43. The zero-order valence-corrected chi connectivity index (χ0v) is 12.2. The van der Waals surface area contributed by atoms with E-state index in [1.54, 1.807) is 11.1 Å². The number of likely N-dealkylation sites (N-methyl/N-ethyl adjacent to an activating group) is 1. The molecule has 3 rings (SSSR count). The molecule has 2 fully saturated rings. The molecule has 3 amide bonds. The van der Waals surface area contributed by atoms with E-state index < -0.39 is 5.54 Å². The van der Waals surface area contributed by atoms with Gasteiger partial charge in [0.25, 0.3) is 5.91 Å². The number of hydrogen-bond acceptors (Lipinski definition) is 4. The molecule has 2 saturated heterocycles. The van der Waals surface area contributed by atoms with Gasteiger partial charge in [-0.15, -0.1) is 0 Å². The Morgan fingerprint density at radius 2 is 2.05 bits per heavy atom. The smallest absolute Gasteiger partial charge is 0.317 e. The number of nitrogens with one attached hydrogen (secondary N) is 1. The largest absolute Gasteiger partial charge is 0.328 e. The first-order chi connectivity index (χ1) is 10.2. The number of pyridine rings is 1. The number of nitrogens with zero attached hydrogens (tertiary/aromatic N) is 3. The SMILES string of the molecule is CCN1C(=O)N(Cc2ccccn2)C(=O)C12CCNCC2. The molecule has 0 atom stereocenters. The quantitative estimate of drug-likeness (QED) is 0.842. The van der Waals surface area contributed by atoms with Crippen molar-refractivity contribution in [3.05, 3.63) is 30.1 Å². The van der Waals surface area contributed by atoms with E-state index in [4.69, 9.17) is 0 Å². The number of imide groups is 1. The van der Waals surface area contributed by atoms with Gasteiger partial charge in [0.2, 0.25) is 0 Å². The van der Waals surface area contributed by atoms with Crippen molar-refractivity contribution < 1.29 is 9.59 Å². The predicted molar refractivity (Wildman–Crippen MR) is 77.4 cm³/mol. The minimum atomic E-state index is -0.647. The number of hydrogen-bond donors (Lipinski definition) is 1. The van der Waals surface area contributed by atoms with E-state index in [-0.39, 0.29) is 18.5 Å². The third-order valence-electron chi connectivity index (χ3n) is 4.41. The molecular formula is C15H20N4O2. The summed E-state index contributed by atoms with van der Waals surface area (Å²) >= 11 is 0. The Morgan fingerprint density at radius 1 is 1.29 bits per heavy atom. The number of carbonyl (C=O) groups excluding carboxylic acids is 2. The summed E-state index contributed by atoms with van der Waals surface area (Å²) in [6.07, 6.45) is 3.05. The van der Waals surface area contributed by atoms with Gasteiger partial charge < -0.3 is 10.2 Å². The van der Waals surface area contributed by atoms with E-state index in [2.05, 4.69) is 10.3 Å². The lowest BCUT2D eigenvalue weighted by Gasteiger charge is -2.37. The van der Waals surface area contributed by atoms with Crippen LogP contribution in [0, 0.1) is 0 Å². The van der Waals surface area contributed by atoms with Crippen LogP contribution in [0.2, 0.25) is 0 Å². The zero-order chi connectivity index (χ0) is 14.9. The summed E-state index contributed by atoms with van der Waals surface area (Å²) in [4.78, 5) is 32.8. The second-order valence-electron chi connectivity index (χ2n) is 5.52. The number of amides is 3. The van der Waals surface area contributed by atoms with Crippen molar-refractivity contribution in [3.63, 3.8) is 0 Å². The topological polar surface area (TPSA) is 65.5 Å². The maximum absolute atomic E-state index is 12.9. The maximum atomic E-state index is 12.9. The minimum Gasteiger partial charge on any atom is -0.317 e. The second-order valence-corrected chi connectivity index (χ2v) is 5.52. The molecule has 1 spiro atoms. The van der Waals surface area contributed by atoms with Crippen molar-refractivity contribution in [2.24, 2.45) is 0 Å². The zero-order valence-electron chi connectivity index (χ0n) is 12.2. The normalized spacial score (nSPS) is 21.4. The molecule has 0 aliphatic carbocycles. The molecule has 0 radical (unpaired) electrons. The molecule has 6 nitrogen and oxygen atoms in total. The molecule has 1 N–H and O–H groups in total. The van der Waals surface area contributed by atoms with Crippen molar-refractivity contribution in [1.29, 1.82) is 0 Å². The van der Waals surface area contributed by atoms with E-state index in [1.165, 1.54) is 4.90 Å². The fourth-order valence-electron chi connectivity index (χ4n) is 3.34. The molecule has 0 bridgehead atoms. The summed E-state index contributed by atoms with van der Waals surface area (Å²) in [6, 6.07) is 5.34. The number of urea groups is 1. The first kappa shape index (κ1) is 14.0. The molecule has 1 aromatic rings. The van der Waals surface area contributed by atoms with Crippen LogP contribution < -0.4 is 5.32 Å². The standard InChI is InChI=1S/C15H20N4O2/c1-2-19-14(21)18(11-12-5-3-4-8-17-12)13(20)15(19)6-9-16-10-7-15/h3-5,8,16H,2,6-7,9-11H2,1H3. The van der Waals surface area contributed by atoms with Crippen LogP contribution in [0.3, 0.4) is 0 Å². The van der Waals surface area contributed by atoms with Crippen LogP contribution >= 0.6 is 0 Å². The van der Waals surface area contributed by atoms with Gasteiger partial charge in [0.05, 0.1) is 12.2 Å². The Bertz CT molecular complexity index is 540.